The maximum atomic E-state index is 4.23. The molecule has 0 aliphatic heterocycles. The van der Waals surface area contributed by atoms with Crippen molar-refractivity contribution in [3.05, 3.63) is 53.3 Å². The van der Waals surface area contributed by atoms with Gasteiger partial charge >= 0.3 is 0 Å². The Balaban J connectivity index is 1.63. The Morgan fingerprint density at radius 1 is 1.05 bits per heavy atom. The van der Waals surface area contributed by atoms with Gasteiger partial charge in [-0.3, -0.25) is 4.68 Å². The number of rotatable bonds is 6. The molecule has 0 saturated heterocycles. The molecule has 0 atom stereocenters. The molecule has 114 valence electrons. The fourth-order valence-electron chi connectivity index (χ4n) is 2.41. The number of nitrogens with one attached hydrogen (secondary N) is 2. The molecule has 0 saturated carbocycles. The first-order chi connectivity index (χ1) is 10.8. The van der Waals surface area contributed by atoms with Crippen LogP contribution in [0.4, 0.5) is 0 Å². The Morgan fingerprint density at radius 3 is 2.50 bits per heavy atom. The van der Waals surface area contributed by atoms with E-state index in [1.807, 2.05) is 13.1 Å². The van der Waals surface area contributed by atoms with Crippen LogP contribution >= 0.6 is 0 Å². The highest BCUT2D eigenvalue weighted by molar-refractivity contribution is 5.56. The summed E-state index contributed by atoms with van der Waals surface area (Å²) in [4.78, 5) is 0. The predicted octanol–water partition coefficient (Wildman–Crippen LogP) is 2.06. The highest BCUT2D eigenvalue weighted by Crippen LogP contribution is 2.18. The van der Waals surface area contributed by atoms with Gasteiger partial charge in [0.2, 0.25) is 0 Å². The van der Waals surface area contributed by atoms with Crippen LogP contribution in [0.2, 0.25) is 0 Å². The largest absolute Gasteiger partial charge is 0.307 e. The molecule has 2 heterocycles. The predicted molar refractivity (Wildman–Crippen MR) is 84.9 cm³/mol. The summed E-state index contributed by atoms with van der Waals surface area (Å²) in [6, 6.07) is 10.6. The molecule has 3 aromatic rings. The average Bonchev–Trinajstić information content (AvgIpc) is 3.16. The van der Waals surface area contributed by atoms with Crippen molar-refractivity contribution in [2.24, 2.45) is 7.05 Å². The van der Waals surface area contributed by atoms with E-state index in [1.165, 1.54) is 11.1 Å². The number of benzene rings is 1. The summed E-state index contributed by atoms with van der Waals surface area (Å²) >= 11 is 0. The van der Waals surface area contributed by atoms with Crippen molar-refractivity contribution in [1.29, 1.82) is 0 Å². The molecule has 0 aliphatic carbocycles. The quantitative estimate of drug-likeness (QED) is 0.730. The zero-order valence-electron chi connectivity index (χ0n) is 12.9. The number of hydrogen-bond donors (Lipinski definition) is 2. The van der Waals surface area contributed by atoms with Gasteiger partial charge in [-0.15, -0.1) is 0 Å². The molecule has 2 aromatic heterocycles. The first-order valence-electron chi connectivity index (χ1n) is 7.44. The monoisotopic (exact) mass is 296 g/mol. The van der Waals surface area contributed by atoms with E-state index in [4.69, 9.17) is 0 Å². The molecule has 6 heteroatoms. The smallest absolute Gasteiger partial charge is 0.135 e. The maximum Gasteiger partial charge on any atom is 0.135 e. The van der Waals surface area contributed by atoms with Crippen molar-refractivity contribution < 1.29 is 0 Å². The lowest BCUT2D eigenvalue weighted by Crippen LogP contribution is -2.14. The normalized spacial score (nSPS) is 11.0. The third kappa shape index (κ3) is 3.07. The molecule has 0 fully saturated rings. The Labute approximate surface area is 129 Å². The molecule has 0 radical (unpaired) electrons. The number of aromatic nitrogens is 5. The number of hydrogen-bond acceptors (Lipinski definition) is 4. The number of aromatic amines is 1. The molecule has 3 rings (SSSR count). The summed E-state index contributed by atoms with van der Waals surface area (Å²) in [5, 5.41) is 18.7. The van der Waals surface area contributed by atoms with Gasteiger partial charge in [0.25, 0.3) is 0 Å². The second-order valence-corrected chi connectivity index (χ2v) is 5.23. The van der Waals surface area contributed by atoms with Crippen LogP contribution in [-0.4, -0.2) is 25.2 Å². The lowest BCUT2D eigenvalue weighted by molar-refractivity contribution is 0.676. The molecule has 0 amide bonds. The van der Waals surface area contributed by atoms with E-state index in [1.54, 1.807) is 10.9 Å². The highest BCUT2D eigenvalue weighted by atomic mass is 15.3. The Kier molecular flexibility index (Phi) is 4.29. The van der Waals surface area contributed by atoms with Gasteiger partial charge in [0.15, 0.2) is 0 Å². The third-order valence-corrected chi connectivity index (χ3v) is 3.74. The maximum absolute atomic E-state index is 4.23. The van der Waals surface area contributed by atoms with Crippen molar-refractivity contribution in [3.8, 4) is 11.4 Å². The molecule has 1 aromatic carbocycles. The van der Waals surface area contributed by atoms with Gasteiger partial charge < -0.3 is 5.32 Å². The number of H-pyrrole nitrogens is 1. The Hall–Kier alpha value is -2.47. The molecule has 22 heavy (non-hydrogen) atoms. The molecular formula is C16H20N6. The van der Waals surface area contributed by atoms with Crippen LogP contribution in [0.15, 0.2) is 36.5 Å². The van der Waals surface area contributed by atoms with Gasteiger partial charge in [-0.2, -0.15) is 20.5 Å². The lowest BCUT2D eigenvalue weighted by Gasteiger charge is -2.05. The summed E-state index contributed by atoms with van der Waals surface area (Å²) in [5.74, 6) is 0. The topological polar surface area (TPSA) is 71.4 Å². The van der Waals surface area contributed by atoms with E-state index < -0.39 is 0 Å². The second kappa shape index (κ2) is 6.53. The van der Waals surface area contributed by atoms with E-state index in [0.29, 0.717) is 6.54 Å². The summed E-state index contributed by atoms with van der Waals surface area (Å²) in [6.45, 7) is 3.63. The molecular weight excluding hydrogens is 276 g/mol. The van der Waals surface area contributed by atoms with Crippen LogP contribution in [0.5, 0.6) is 0 Å². The van der Waals surface area contributed by atoms with E-state index in [9.17, 15) is 0 Å². The fourth-order valence-corrected chi connectivity index (χ4v) is 2.41. The van der Waals surface area contributed by atoms with Gasteiger partial charge in [-0.1, -0.05) is 31.2 Å². The second-order valence-electron chi connectivity index (χ2n) is 5.23. The van der Waals surface area contributed by atoms with Crippen LogP contribution in [0, 0.1) is 0 Å². The van der Waals surface area contributed by atoms with Crippen molar-refractivity contribution in [2.75, 3.05) is 0 Å². The minimum atomic E-state index is 0.659. The van der Waals surface area contributed by atoms with Gasteiger partial charge in [-0.05, 0) is 23.6 Å². The summed E-state index contributed by atoms with van der Waals surface area (Å²) < 4.78 is 1.80. The van der Waals surface area contributed by atoms with Gasteiger partial charge in [-0.25, -0.2) is 0 Å². The van der Waals surface area contributed by atoms with E-state index >= 15 is 0 Å². The van der Waals surface area contributed by atoms with Crippen molar-refractivity contribution in [1.82, 2.24) is 30.5 Å². The summed E-state index contributed by atoms with van der Waals surface area (Å²) in [7, 11) is 1.90. The van der Waals surface area contributed by atoms with Crippen LogP contribution in [-0.2, 0) is 26.6 Å². The van der Waals surface area contributed by atoms with Crippen LogP contribution in [0.1, 0.15) is 23.7 Å². The van der Waals surface area contributed by atoms with E-state index in [0.717, 1.165) is 30.0 Å². The lowest BCUT2D eigenvalue weighted by atomic mass is 10.1. The van der Waals surface area contributed by atoms with Gasteiger partial charge in [0.05, 0.1) is 5.69 Å². The molecule has 6 nitrogen and oxygen atoms in total. The van der Waals surface area contributed by atoms with Gasteiger partial charge in [0.1, 0.15) is 11.4 Å². The van der Waals surface area contributed by atoms with Crippen LogP contribution in [0.3, 0.4) is 0 Å². The van der Waals surface area contributed by atoms with Crippen molar-refractivity contribution in [2.45, 2.75) is 26.4 Å². The standard InChI is InChI=1S/C16H20N6/c1-3-12-4-6-13(7-5-12)10-17-11-14-16(20-21-19-14)15-8-9-18-22(15)2/h4-9,17H,3,10-11H2,1-2H3,(H,19,20,21). The van der Waals surface area contributed by atoms with Crippen LogP contribution < -0.4 is 5.32 Å². The third-order valence-electron chi connectivity index (χ3n) is 3.74. The minimum absolute atomic E-state index is 0.659. The van der Waals surface area contributed by atoms with Crippen molar-refractivity contribution >= 4 is 0 Å². The van der Waals surface area contributed by atoms with E-state index in [2.05, 4.69) is 57.0 Å². The first-order valence-corrected chi connectivity index (χ1v) is 7.44. The zero-order chi connectivity index (χ0) is 15.4. The van der Waals surface area contributed by atoms with Crippen molar-refractivity contribution in [3.63, 3.8) is 0 Å². The molecule has 0 unspecified atom stereocenters. The first kappa shape index (κ1) is 14.5. The average molecular weight is 296 g/mol. The molecule has 2 N–H and O–H groups in total. The van der Waals surface area contributed by atoms with Crippen LogP contribution in [0.25, 0.3) is 11.4 Å². The molecule has 0 bridgehead atoms. The summed E-state index contributed by atoms with van der Waals surface area (Å²) in [6.07, 6.45) is 2.83. The van der Waals surface area contributed by atoms with Gasteiger partial charge in [0, 0.05) is 26.3 Å². The minimum Gasteiger partial charge on any atom is -0.307 e. The Morgan fingerprint density at radius 2 is 1.82 bits per heavy atom. The zero-order valence-corrected chi connectivity index (χ0v) is 12.9. The molecule has 0 spiro atoms. The summed E-state index contributed by atoms with van der Waals surface area (Å²) in [5.41, 5.74) is 5.32. The Bertz CT molecular complexity index is 725. The number of aryl methyl sites for hydroxylation is 2. The molecule has 0 aliphatic rings. The number of nitrogens with zero attached hydrogens (tertiary/aromatic N) is 4. The fraction of sp³-hybridized carbons (Fsp3) is 0.312. The van der Waals surface area contributed by atoms with E-state index in [-0.39, 0.29) is 0 Å². The SMILES string of the molecule is CCc1ccc(CNCc2n[nH]nc2-c2ccnn2C)cc1. The highest BCUT2D eigenvalue weighted by Gasteiger charge is 2.12.